The average Bonchev–Trinajstić information content (AvgIpc) is 2.60. The normalized spacial score (nSPS) is 10.3. The number of para-hydroxylation sites is 1. The second-order valence-electron chi connectivity index (χ2n) is 5.82. The quantitative estimate of drug-likeness (QED) is 0.818. The zero-order valence-corrected chi connectivity index (χ0v) is 14.5. The summed E-state index contributed by atoms with van der Waals surface area (Å²) >= 11 is 0. The molecule has 126 valence electrons. The highest BCUT2D eigenvalue weighted by molar-refractivity contribution is 5.98. The van der Waals surface area contributed by atoms with Crippen molar-refractivity contribution >= 4 is 17.5 Å². The summed E-state index contributed by atoms with van der Waals surface area (Å²) in [5, 5.41) is 0. The van der Waals surface area contributed by atoms with E-state index in [9.17, 15) is 9.59 Å². The summed E-state index contributed by atoms with van der Waals surface area (Å²) in [6.07, 6.45) is 0.813. The summed E-state index contributed by atoms with van der Waals surface area (Å²) in [5.41, 5.74) is 2.94. The Morgan fingerprint density at radius 2 is 1.58 bits per heavy atom. The Balaban J connectivity index is 2.12. The van der Waals surface area contributed by atoms with Gasteiger partial charge in [-0.05, 0) is 23.6 Å². The highest BCUT2D eigenvalue weighted by Crippen LogP contribution is 2.21. The van der Waals surface area contributed by atoms with E-state index in [0.29, 0.717) is 6.54 Å². The summed E-state index contributed by atoms with van der Waals surface area (Å²) in [7, 11) is 1.76. The van der Waals surface area contributed by atoms with Crippen LogP contribution in [-0.4, -0.2) is 30.3 Å². The molecule has 0 aliphatic rings. The van der Waals surface area contributed by atoms with Gasteiger partial charge >= 0.3 is 0 Å². The molecule has 24 heavy (non-hydrogen) atoms. The predicted octanol–water partition coefficient (Wildman–Crippen LogP) is 3.26. The maximum Gasteiger partial charge on any atom is 0.242 e. The minimum absolute atomic E-state index is 0.0513. The fraction of sp³-hybridized carbons (Fsp3) is 0.300. The topological polar surface area (TPSA) is 40.6 Å². The Morgan fingerprint density at radius 3 is 2.21 bits per heavy atom. The van der Waals surface area contributed by atoms with Gasteiger partial charge in [0.25, 0.3) is 0 Å². The van der Waals surface area contributed by atoms with Gasteiger partial charge in [0.05, 0.1) is 0 Å². The first-order valence-corrected chi connectivity index (χ1v) is 8.16. The lowest BCUT2D eigenvalue weighted by Crippen LogP contribution is -2.40. The molecule has 0 aliphatic heterocycles. The largest absolute Gasteiger partial charge is 0.340 e. The Labute approximate surface area is 143 Å². The Kier molecular flexibility index (Phi) is 6.13. The molecule has 4 nitrogen and oxygen atoms in total. The van der Waals surface area contributed by atoms with Gasteiger partial charge in [0, 0.05) is 26.2 Å². The van der Waals surface area contributed by atoms with Crippen molar-refractivity contribution < 1.29 is 9.59 Å². The lowest BCUT2D eigenvalue weighted by molar-refractivity contribution is -0.130. The fourth-order valence-corrected chi connectivity index (χ4v) is 2.64. The highest BCUT2D eigenvalue weighted by Gasteiger charge is 2.20. The van der Waals surface area contributed by atoms with Crippen LogP contribution < -0.4 is 4.90 Å². The highest BCUT2D eigenvalue weighted by atomic mass is 16.2. The molecule has 2 rings (SSSR count). The third-order valence-corrected chi connectivity index (χ3v) is 4.03. The molecule has 2 aromatic rings. The van der Waals surface area contributed by atoms with E-state index >= 15 is 0 Å². The number of benzene rings is 2. The minimum Gasteiger partial charge on any atom is -0.340 e. The standard InChI is InChI=1S/C20H24N2O2/c1-4-18-12-8-9-13-19(18)22(16(2)23)15-20(24)21(3)14-17-10-6-5-7-11-17/h5-13H,4,14-15H2,1-3H3. The van der Waals surface area contributed by atoms with Crippen LogP contribution in [0.4, 0.5) is 5.69 Å². The van der Waals surface area contributed by atoms with Gasteiger partial charge < -0.3 is 9.80 Å². The van der Waals surface area contributed by atoms with Crippen LogP contribution in [-0.2, 0) is 22.6 Å². The molecule has 0 saturated carbocycles. The first-order chi connectivity index (χ1) is 11.5. The number of hydrogen-bond donors (Lipinski definition) is 0. The van der Waals surface area contributed by atoms with Gasteiger partial charge in [-0.25, -0.2) is 0 Å². The van der Waals surface area contributed by atoms with E-state index in [1.807, 2.05) is 61.5 Å². The molecule has 0 saturated heterocycles. The van der Waals surface area contributed by atoms with E-state index in [1.165, 1.54) is 6.92 Å². The molecule has 0 N–H and O–H groups in total. The van der Waals surface area contributed by atoms with Crippen LogP contribution in [0.3, 0.4) is 0 Å². The van der Waals surface area contributed by atoms with Crippen LogP contribution in [0.2, 0.25) is 0 Å². The van der Waals surface area contributed by atoms with Crippen molar-refractivity contribution in [1.29, 1.82) is 0 Å². The number of rotatable bonds is 6. The number of anilines is 1. The van der Waals surface area contributed by atoms with Crippen molar-refractivity contribution in [3.05, 3.63) is 65.7 Å². The van der Waals surface area contributed by atoms with E-state index in [4.69, 9.17) is 0 Å². The minimum atomic E-state index is -0.127. The number of carbonyl (C=O) groups excluding carboxylic acids is 2. The number of carbonyl (C=O) groups is 2. The molecule has 0 aliphatic carbocycles. The molecule has 2 aromatic carbocycles. The van der Waals surface area contributed by atoms with Gasteiger partial charge in [0.1, 0.15) is 6.54 Å². The summed E-state index contributed by atoms with van der Waals surface area (Å²) in [6.45, 7) is 4.12. The van der Waals surface area contributed by atoms with E-state index in [1.54, 1.807) is 16.8 Å². The molecule has 2 amide bonds. The van der Waals surface area contributed by atoms with Gasteiger partial charge in [0.15, 0.2) is 0 Å². The third kappa shape index (κ3) is 4.44. The van der Waals surface area contributed by atoms with Crippen molar-refractivity contribution in [2.45, 2.75) is 26.8 Å². The van der Waals surface area contributed by atoms with E-state index in [-0.39, 0.29) is 18.4 Å². The van der Waals surface area contributed by atoms with Gasteiger partial charge in [-0.15, -0.1) is 0 Å². The van der Waals surface area contributed by atoms with E-state index < -0.39 is 0 Å². The average molecular weight is 324 g/mol. The number of likely N-dealkylation sites (N-methyl/N-ethyl adjacent to an activating group) is 1. The summed E-state index contributed by atoms with van der Waals surface area (Å²) < 4.78 is 0. The number of hydrogen-bond acceptors (Lipinski definition) is 2. The van der Waals surface area contributed by atoms with Crippen LogP contribution in [0.25, 0.3) is 0 Å². The number of aryl methyl sites for hydroxylation is 1. The molecule has 0 radical (unpaired) electrons. The van der Waals surface area contributed by atoms with E-state index in [0.717, 1.165) is 23.2 Å². The predicted molar refractivity (Wildman–Crippen MR) is 96.8 cm³/mol. The molecule has 0 heterocycles. The van der Waals surface area contributed by atoms with Crippen molar-refractivity contribution in [3.63, 3.8) is 0 Å². The van der Waals surface area contributed by atoms with Gasteiger partial charge in [-0.1, -0.05) is 55.5 Å². The van der Waals surface area contributed by atoms with Crippen LogP contribution in [0, 0.1) is 0 Å². The van der Waals surface area contributed by atoms with Crippen molar-refractivity contribution in [2.75, 3.05) is 18.5 Å². The monoisotopic (exact) mass is 324 g/mol. The number of amides is 2. The molecule has 0 unspecified atom stereocenters. The zero-order chi connectivity index (χ0) is 17.5. The Hall–Kier alpha value is -2.62. The Bertz CT molecular complexity index is 698. The molecule has 0 fully saturated rings. The van der Waals surface area contributed by atoms with Gasteiger partial charge in [-0.2, -0.15) is 0 Å². The smallest absolute Gasteiger partial charge is 0.242 e. The molecule has 0 atom stereocenters. The lowest BCUT2D eigenvalue weighted by Gasteiger charge is -2.26. The molecule has 0 bridgehead atoms. The van der Waals surface area contributed by atoms with Crippen molar-refractivity contribution in [3.8, 4) is 0 Å². The van der Waals surface area contributed by atoms with Crippen molar-refractivity contribution in [2.24, 2.45) is 0 Å². The maximum atomic E-state index is 12.6. The van der Waals surface area contributed by atoms with Crippen LogP contribution in [0.15, 0.2) is 54.6 Å². The third-order valence-electron chi connectivity index (χ3n) is 4.03. The second kappa shape index (κ2) is 8.29. The fourth-order valence-electron chi connectivity index (χ4n) is 2.64. The summed E-state index contributed by atoms with van der Waals surface area (Å²) in [5.74, 6) is -0.211. The first-order valence-electron chi connectivity index (χ1n) is 8.16. The molecule has 0 aromatic heterocycles. The van der Waals surface area contributed by atoms with E-state index in [2.05, 4.69) is 0 Å². The molecule has 4 heteroatoms. The zero-order valence-electron chi connectivity index (χ0n) is 14.5. The molecular formula is C20H24N2O2. The summed E-state index contributed by atoms with van der Waals surface area (Å²) in [4.78, 5) is 27.9. The lowest BCUT2D eigenvalue weighted by atomic mass is 10.1. The van der Waals surface area contributed by atoms with Crippen LogP contribution in [0.1, 0.15) is 25.0 Å². The molecular weight excluding hydrogens is 300 g/mol. The van der Waals surface area contributed by atoms with Gasteiger partial charge in [-0.3, -0.25) is 9.59 Å². The number of nitrogens with zero attached hydrogens (tertiary/aromatic N) is 2. The Morgan fingerprint density at radius 1 is 0.958 bits per heavy atom. The van der Waals surface area contributed by atoms with Gasteiger partial charge in [0.2, 0.25) is 11.8 Å². The van der Waals surface area contributed by atoms with Crippen molar-refractivity contribution in [1.82, 2.24) is 4.90 Å². The SMILES string of the molecule is CCc1ccccc1N(CC(=O)N(C)Cc1ccccc1)C(C)=O. The summed E-state index contributed by atoms with van der Waals surface area (Å²) in [6, 6.07) is 17.5. The maximum absolute atomic E-state index is 12.6. The second-order valence-corrected chi connectivity index (χ2v) is 5.82. The van der Waals surface area contributed by atoms with Crippen LogP contribution in [0.5, 0.6) is 0 Å². The first kappa shape index (κ1) is 17.7. The molecule has 0 spiro atoms. The van der Waals surface area contributed by atoms with Crippen LogP contribution >= 0.6 is 0 Å².